The molecule has 1 heterocycles. The van der Waals surface area contributed by atoms with Crippen LogP contribution in [0, 0.1) is 0 Å². The van der Waals surface area contributed by atoms with Gasteiger partial charge in [-0.05, 0) is 29.8 Å². The smallest absolute Gasteiger partial charge is 0.130 e. The third-order valence-corrected chi connectivity index (χ3v) is 2.62. The molecule has 0 fully saturated rings. The van der Waals surface area contributed by atoms with Gasteiger partial charge in [0, 0.05) is 10.6 Å². The van der Waals surface area contributed by atoms with Gasteiger partial charge in [0.25, 0.3) is 0 Å². The molecule has 0 spiro atoms. The average Bonchev–Trinajstić information content (AvgIpc) is 2.29. The number of rotatable bonds is 2. The molecular weight excluding hydrogens is 245 g/mol. The molecule has 1 aromatic carbocycles. The molecule has 0 atom stereocenters. The van der Waals surface area contributed by atoms with Crippen molar-refractivity contribution in [2.24, 2.45) is 0 Å². The van der Waals surface area contributed by atoms with Crippen molar-refractivity contribution in [2.75, 3.05) is 0 Å². The van der Waals surface area contributed by atoms with E-state index in [9.17, 15) is 0 Å². The van der Waals surface area contributed by atoms with Crippen molar-refractivity contribution in [1.29, 1.82) is 0 Å². The van der Waals surface area contributed by atoms with Crippen molar-refractivity contribution in [1.82, 2.24) is 4.98 Å². The zero-order chi connectivity index (χ0) is 11.5. The first-order valence-corrected chi connectivity index (χ1v) is 5.48. The van der Waals surface area contributed by atoms with Gasteiger partial charge < -0.3 is 5.11 Å². The molecule has 0 aliphatic heterocycles. The van der Waals surface area contributed by atoms with Gasteiger partial charge in [-0.2, -0.15) is 0 Å². The number of pyridine rings is 1. The number of aliphatic hydroxyl groups is 1. The van der Waals surface area contributed by atoms with Gasteiger partial charge in [0.15, 0.2) is 0 Å². The highest BCUT2D eigenvalue weighted by Crippen LogP contribution is 2.22. The third kappa shape index (κ3) is 2.53. The summed E-state index contributed by atoms with van der Waals surface area (Å²) in [6.07, 6.45) is 0. The van der Waals surface area contributed by atoms with Gasteiger partial charge in [-0.25, -0.2) is 4.98 Å². The van der Waals surface area contributed by atoms with Crippen molar-refractivity contribution < 1.29 is 5.11 Å². The summed E-state index contributed by atoms with van der Waals surface area (Å²) in [5.41, 5.74) is 2.39. The van der Waals surface area contributed by atoms with Crippen LogP contribution in [0.4, 0.5) is 0 Å². The maximum atomic E-state index is 9.07. The van der Waals surface area contributed by atoms with E-state index < -0.39 is 0 Å². The summed E-state index contributed by atoms with van der Waals surface area (Å²) in [5.74, 6) is 0. The maximum absolute atomic E-state index is 9.07. The molecule has 2 rings (SSSR count). The van der Waals surface area contributed by atoms with E-state index in [1.165, 1.54) is 0 Å². The normalized spacial score (nSPS) is 10.4. The van der Waals surface area contributed by atoms with E-state index in [-0.39, 0.29) is 6.61 Å². The van der Waals surface area contributed by atoms with Crippen LogP contribution in [0.1, 0.15) is 5.56 Å². The zero-order valence-electron chi connectivity index (χ0n) is 8.32. The molecular formula is C12H9Cl2NO. The third-order valence-electron chi connectivity index (χ3n) is 2.18. The molecule has 2 aromatic rings. The zero-order valence-corrected chi connectivity index (χ0v) is 9.83. The molecule has 1 N–H and O–H groups in total. The number of nitrogens with zero attached hydrogens (tertiary/aromatic N) is 1. The Kier molecular flexibility index (Phi) is 3.44. The van der Waals surface area contributed by atoms with Gasteiger partial charge in [0.2, 0.25) is 0 Å². The molecule has 1 aromatic heterocycles. The van der Waals surface area contributed by atoms with Crippen LogP contribution < -0.4 is 0 Å². The number of hydrogen-bond donors (Lipinski definition) is 1. The molecule has 16 heavy (non-hydrogen) atoms. The minimum atomic E-state index is -0.0527. The van der Waals surface area contributed by atoms with Crippen LogP contribution in [0.5, 0.6) is 0 Å². The van der Waals surface area contributed by atoms with Crippen molar-refractivity contribution in [3.8, 4) is 11.3 Å². The summed E-state index contributed by atoms with van der Waals surface area (Å²) < 4.78 is 0. The Labute approximate surface area is 103 Å². The predicted molar refractivity (Wildman–Crippen MR) is 65.6 cm³/mol. The van der Waals surface area contributed by atoms with Gasteiger partial charge >= 0.3 is 0 Å². The van der Waals surface area contributed by atoms with Gasteiger partial charge in [0.1, 0.15) is 5.15 Å². The molecule has 0 saturated carbocycles. The quantitative estimate of drug-likeness (QED) is 0.831. The lowest BCUT2D eigenvalue weighted by Gasteiger charge is -2.04. The number of hydrogen-bond acceptors (Lipinski definition) is 2. The SMILES string of the molecule is OCc1cc(Cl)nc(-c2ccc(Cl)cc2)c1. The van der Waals surface area contributed by atoms with E-state index in [1.807, 2.05) is 12.1 Å². The second-order valence-electron chi connectivity index (χ2n) is 3.35. The van der Waals surface area contributed by atoms with Crippen molar-refractivity contribution >= 4 is 23.2 Å². The Bertz CT molecular complexity index is 497. The van der Waals surface area contributed by atoms with Gasteiger partial charge in [-0.3, -0.25) is 0 Å². The highest BCUT2D eigenvalue weighted by Gasteiger charge is 2.03. The van der Waals surface area contributed by atoms with Gasteiger partial charge in [-0.1, -0.05) is 35.3 Å². The van der Waals surface area contributed by atoms with Crippen LogP contribution in [0.25, 0.3) is 11.3 Å². The molecule has 2 nitrogen and oxygen atoms in total. The van der Waals surface area contributed by atoms with Crippen LogP contribution in [-0.4, -0.2) is 10.1 Å². The first-order chi connectivity index (χ1) is 7.69. The fourth-order valence-corrected chi connectivity index (χ4v) is 1.77. The van der Waals surface area contributed by atoms with Crippen LogP contribution in [-0.2, 0) is 6.61 Å². The Balaban J connectivity index is 2.47. The van der Waals surface area contributed by atoms with E-state index in [2.05, 4.69) is 4.98 Å². The fraction of sp³-hybridized carbons (Fsp3) is 0.0833. The Hall–Kier alpha value is -1.09. The fourth-order valence-electron chi connectivity index (χ4n) is 1.41. The number of halogens is 2. The summed E-state index contributed by atoms with van der Waals surface area (Å²) in [6.45, 7) is -0.0527. The van der Waals surface area contributed by atoms with Crippen molar-refractivity contribution in [3.63, 3.8) is 0 Å². The topological polar surface area (TPSA) is 33.1 Å². The predicted octanol–water partition coefficient (Wildman–Crippen LogP) is 3.55. The highest BCUT2D eigenvalue weighted by atomic mass is 35.5. The molecule has 0 radical (unpaired) electrons. The monoisotopic (exact) mass is 253 g/mol. The second-order valence-corrected chi connectivity index (χ2v) is 4.17. The summed E-state index contributed by atoms with van der Waals surface area (Å²) >= 11 is 11.7. The van der Waals surface area contributed by atoms with Gasteiger partial charge in [0.05, 0.1) is 12.3 Å². The van der Waals surface area contributed by atoms with Crippen molar-refractivity contribution in [3.05, 3.63) is 52.1 Å². The number of aliphatic hydroxyl groups excluding tert-OH is 1. The lowest BCUT2D eigenvalue weighted by atomic mass is 10.1. The summed E-state index contributed by atoms with van der Waals surface area (Å²) in [4.78, 5) is 4.19. The Morgan fingerprint density at radius 3 is 2.38 bits per heavy atom. The van der Waals surface area contributed by atoms with E-state index in [1.54, 1.807) is 24.3 Å². The van der Waals surface area contributed by atoms with E-state index in [0.717, 1.165) is 16.8 Å². The second kappa shape index (κ2) is 4.83. The summed E-state index contributed by atoms with van der Waals surface area (Å²) in [5, 5.41) is 10.1. The van der Waals surface area contributed by atoms with E-state index >= 15 is 0 Å². The van der Waals surface area contributed by atoms with Crippen LogP contribution >= 0.6 is 23.2 Å². The number of aromatic nitrogens is 1. The van der Waals surface area contributed by atoms with E-state index in [0.29, 0.717) is 10.2 Å². The lowest BCUT2D eigenvalue weighted by molar-refractivity contribution is 0.282. The summed E-state index contributed by atoms with van der Waals surface area (Å²) in [7, 11) is 0. The van der Waals surface area contributed by atoms with Crippen LogP contribution in [0.2, 0.25) is 10.2 Å². The van der Waals surface area contributed by atoms with Crippen LogP contribution in [0.15, 0.2) is 36.4 Å². The lowest BCUT2D eigenvalue weighted by Crippen LogP contribution is -1.89. The highest BCUT2D eigenvalue weighted by molar-refractivity contribution is 6.30. The molecule has 0 aliphatic rings. The molecule has 4 heteroatoms. The first kappa shape index (κ1) is 11.4. The first-order valence-electron chi connectivity index (χ1n) is 4.72. The Morgan fingerprint density at radius 2 is 1.75 bits per heavy atom. The number of benzene rings is 1. The standard InChI is InChI=1S/C12H9Cl2NO/c13-10-3-1-9(2-4-10)11-5-8(7-16)6-12(14)15-11/h1-6,16H,7H2. The maximum Gasteiger partial charge on any atom is 0.130 e. The molecule has 0 amide bonds. The molecule has 0 aliphatic carbocycles. The molecule has 0 bridgehead atoms. The molecule has 0 saturated heterocycles. The molecule has 82 valence electrons. The minimum absolute atomic E-state index is 0.0527. The average molecular weight is 254 g/mol. The largest absolute Gasteiger partial charge is 0.392 e. The molecule has 0 unspecified atom stereocenters. The summed E-state index contributed by atoms with van der Waals surface area (Å²) in [6, 6.07) is 10.7. The Morgan fingerprint density at radius 1 is 1.06 bits per heavy atom. The minimum Gasteiger partial charge on any atom is -0.392 e. The van der Waals surface area contributed by atoms with Gasteiger partial charge in [-0.15, -0.1) is 0 Å². The van der Waals surface area contributed by atoms with E-state index in [4.69, 9.17) is 28.3 Å². The van der Waals surface area contributed by atoms with Crippen LogP contribution in [0.3, 0.4) is 0 Å². The van der Waals surface area contributed by atoms with Crippen molar-refractivity contribution in [2.45, 2.75) is 6.61 Å².